The Balaban J connectivity index is 2.26. The molecule has 21 heavy (non-hydrogen) atoms. The van der Waals surface area contributed by atoms with Crippen LogP contribution in [0.1, 0.15) is 27.7 Å². The molecule has 8 heteroatoms. The summed E-state index contributed by atoms with van der Waals surface area (Å²) in [5, 5.41) is 4.26. The standard InChI is InChI=1S/C13H22BN5O2/c1-12(2)13(3,4)21-14(20-12)9-7-18-19(8-9)11(17-6)10(15)16-5/h7-8H,1-6H3,(H2,15,16)/b17-11+. The van der Waals surface area contributed by atoms with Gasteiger partial charge in [-0.2, -0.15) is 5.10 Å². The Labute approximate surface area is 125 Å². The molecular weight excluding hydrogens is 269 g/mol. The molecule has 0 atom stereocenters. The maximum Gasteiger partial charge on any atom is 0.498 e. The lowest BCUT2D eigenvalue weighted by atomic mass is 9.82. The lowest BCUT2D eigenvalue weighted by Gasteiger charge is -2.32. The SMILES string of the molecule is C/N=C(N)\C(=N/C)n1cc(B2OC(C)(C)C(C)(C)O2)cn1. The van der Waals surface area contributed by atoms with Crippen molar-refractivity contribution in [2.24, 2.45) is 15.7 Å². The molecule has 114 valence electrons. The van der Waals surface area contributed by atoms with Crippen LogP contribution < -0.4 is 11.2 Å². The lowest BCUT2D eigenvalue weighted by Crippen LogP contribution is -2.41. The molecule has 1 aromatic rings. The smallest absolute Gasteiger partial charge is 0.399 e. The minimum atomic E-state index is -0.457. The van der Waals surface area contributed by atoms with Crippen molar-refractivity contribution < 1.29 is 9.31 Å². The van der Waals surface area contributed by atoms with Gasteiger partial charge in [-0.05, 0) is 27.7 Å². The first-order valence-corrected chi connectivity index (χ1v) is 6.82. The number of rotatable bonds is 1. The van der Waals surface area contributed by atoms with E-state index in [1.54, 1.807) is 31.2 Å². The highest BCUT2D eigenvalue weighted by molar-refractivity contribution is 6.62. The van der Waals surface area contributed by atoms with Crippen molar-refractivity contribution in [3.8, 4) is 0 Å². The topological polar surface area (TPSA) is 87.0 Å². The minimum absolute atomic E-state index is 0.320. The number of amidine groups is 1. The fraction of sp³-hybridized carbons (Fsp3) is 0.615. The molecule has 0 radical (unpaired) electrons. The van der Waals surface area contributed by atoms with Crippen molar-refractivity contribution in [1.82, 2.24) is 9.78 Å². The molecule has 2 N–H and O–H groups in total. The Morgan fingerprint density at radius 3 is 2.24 bits per heavy atom. The summed E-state index contributed by atoms with van der Waals surface area (Å²) < 4.78 is 13.5. The van der Waals surface area contributed by atoms with Gasteiger partial charge in [0.05, 0.1) is 11.2 Å². The minimum Gasteiger partial charge on any atom is -0.399 e. The zero-order valence-electron chi connectivity index (χ0n) is 13.4. The Morgan fingerprint density at radius 1 is 1.19 bits per heavy atom. The summed E-state index contributed by atoms with van der Waals surface area (Å²) in [6, 6.07) is 0. The Morgan fingerprint density at radius 2 is 1.76 bits per heavy atom. The van der Waals surface area contributed by atoms with E-state index in [9.17, 15) is 0 Å². The van der Waals surface area contributed by atoms with E-state index in [1.807, 2.05) is 27.7 Å². The Bertz CT molecular complexity index is 575. The van der Waals surface area contributed by atoms with Crippen LogP contribution in [0.3, 0.4) is 0 Å². The number of hydrogen-bond acceptors (Lipinski definition) is 5. The van der Waals surface area contributed by atoms with Gasteiger partial charge in [-0.15, -0.1) is 0 Å². The van der Waals surface area contributed by atoms with Gasteiger partial charge >= 0.3 is 7.12 Å². The number of aromatic nitrogens is 2. The summed E-state index contributed by atoms with van der Waals surface area (Å²) in [6.07, 6.45) is 3.48. The predicted octanol–water partition coefficient (Wildman–Crippen LogP) is 0.0457. The van der Waals surface area contributed by atoms with Gasteiger partial charge in [-0.1, -0.05) is 0 Å². The van der Waals surface area contributed by atoms with Gasteiger partial charge in [-0.25, -0.2) is 4.68 Å². The summed E-state index contributed by atoms with van der Waals surface area (Å²) in [7, 11) is 2.80. The van der Waals surface area contributed by atoms with Crippen LogP contribution in [0.15, 0.2) is 22.4 Å². The molecule has 0 amide bonds. The molecule has 1 saturated heterocycles. The van der Waals surface area contributed by atoms with Crippen molar-refractivity contribution in [3.05, 3.63) is 12.4 Å². The van der Waals surface area contributed by atoms with Crippen molar-refractivity contribution in [1.29, 1.82) is 0 Å². The van der Waals surface area contributed by atoms with E-state index in [0.717, 1.165) is 5.46 Å². The van der Waals surface area contributed by atoms with E-state index >= 15 is 0 Å². The van der Waals surface area contributed by atoms with Gasteiger partial charge in [0.1, 0.15) is 0 Å². The van der Waals surface area contributed by atoms with Crippen LogP contribution in [-0.4, -0.2) is 53.9 Å². The van der Waals surface area contributed by atoms with Crippen LogP contribution in [0, 0.1) is 0 Å². The van der Waals surface area contributed by atoms with Gasteiger partial charge in [0.2, 0.25) is 0 Å². The lowest BCUT2D eigenvalue weighted by molar-refractivity contribution is 0.00578. The molecule has 0 unspecified atom stereocenters. The first-order valence-electron chi connectivity index (χ1n) is 6.82. The quantitative estimate of drug-likeness (QED) is 0.450. The molecule has 0 bridgehead atoms. The molecule has 1 aliphatic heterocycles. The van der Waals surface area contributed by atoms with E-state index in [4.69, 9.17) is 15.0 Å². The van der Waals surface area contributed by atoms with Gasteiger partial charge in [-0.3, -0.25) is 9.98 Å². The van der Waals surface area contributed by atoms with Crippen LogP contribution in [0.4, 0.5) is 0 Å². The molecule has 0 aliphatic carbocycles. The predicted molar refractivity (Wildman–Crippen MR) is 84.2 cm³/mol. The van der Waals surface area contributed by atoms with Gasteiger partial charge < -0.3 is 15.0 Å². The number of hydrogen-bond donors (Lipinski definition) is 1. The first kappa shape index (κ1) is 15.7. The van der Waals surface area contributed by atoms with E-state index in [0.29, 0.717) is 11.7 Å². The molecule has 7 nitrogen and oxygen atoms in total. The van der Waals surface area contributed by atoms with Crippen LogP contribution in [0.5, 0.6) is 0 Å². The van der Waals surface area contributed by atoms with Crippen molar-refractivity contribution >= 4 is 24.3 Å². The Hall–Kier alpha value is -1.67. The van der Waals surface area contributed by atoms with E-state index in [1.165, 1.54) is 0 Å². The average Bonchev–Trinajstić information content (AvgIpc) is 2.94. The summed E-state index contributed by atoms with van der Waals surface area (Å²) in [6.45, 7) is 8.05. The third kappa shape index (κ3) is 2.73. The summed E-state index contributed by atoms with van der Waals surface area (Å²) in [5.74, 6) is 0.807. The van der Waals surface area contributed by atoms with Crippen LogP contribution in [0.25, 0.3) is 0 Å². The van der Waals surface area contributed by atoms with Crippen LogP contribution >= 0.6 is 0 Å². The highest BCUT2D eigenvalue weighted by atomic mass is 16.7. The molecule has 0 aromatic carbocycles. The Kier molecular flexibility index (Phi) is 3.94. The highest BCUT2D eigenvalue weighted by Gasteiger charge is 2.52. The van der Waals surface area contributed by atoms with Gasteiger partial charge in [0.25, 0.3) is 0 Å². The second-order valence-electron chi connectivity index (χ2n) is 5.96. The molecular formula is C13H22BN5O2. The fourth-order valence-electron chi connectivity index (χ4n) is 1.99. The largest absolute Gasteiger partial charge is 0.498 e. The average molecular weight is 291 g/mol. The maximum absolute atomic E-state index is 5.99. The number of nitrogens with zero attached hydrogens (tertiary/aromatic N) is 4. The molecule has 2 rings (SSSR count). The number of aliphatic imine (C=N–C) groups is 2. The highest BCUT2D eigenvalue weighted by Crippen LogP contribution is 2.36. The third-order valence-electron chi connectivity index (χ3n) is 4.03. The summed E-state index contributed by atoms with van der Waals surface area (Å²) in [4.78, 5) is 8.04. The number of nitrogens with two attached hydrogens (primary N) is 1. The zero-order valence-corrected chi connectivity index (χ0v) is 13.4. The second-order valence-corrected chi connectivity index (χ2v) is 5.96. The van der Waals surface area contributed by atoms with E-state index < -0.39 is 7.12 Å². The first-order chi connectivity index (χ1) is 9.71. The molecule has 0 spiro atoms. The molecule has 1 aromatic heterocycles. The van der Waals surface area contributed by atoms with Gasteiger partial charge in [0, 0.05) is 32.0 Å². The normalized spacial score (nSPS) is 21.9. The van der Waals surface area contributed by atoms with E-state index in [-0.39, 0.29) is 11.2 Å². The monoisotopic (exact) mass is 291 g/mol. The zero-order chi connectivity index (χ0) is 15.8. The molecule has 1 fully saturated rings. The molecule has 2 heterocycles. The van der Waals surface area contributed by atoms with Crippen molar-refractivity contribution in [3.63, 3.8) is 0 Å². The van der Waals surface area contributed by atoms with Crippen molar-refractivity contribution in [2.45, 2.75) is 38.9 Å². The van der Waals surface area contributed by atoms with Gasteiger partial charge in [0.15, 0.2) is 11.7 Å². The fourth-order valence-corrected chi connectivity index (χ4v) is 1.99. The molecule has 0 saturated carbocycles. The van der Waals surface area contributed by atoms with Crippen LogP contribution in [0.2, 0.25) is 0 Å². The third-order valence-corrected chi connectivity index (χ3v) is 4.03. The maximum atomic E-state index is 5.99. The summed E-state index contributed by atoms with van der Waals surface area (Å²) >= 11 is 0. The second kappa shape index (κ2) is 5.27. The summed E-state index contributed by atoms with van der Waals surface area (Å²) in [5.41, 5.74) is 5.86. The van der Waals surface area contributed by atoms with Crippen molar-refractivity contribution in [2.75, 3.05) is 14.1 Å². The molecule has 1 aliphatic rings. The van der Waals surface area contributed by atoms with Crippen LogP contribution in [-0.2, 0) is 9.31 Å². The van der Waals surface area contributed by atoms with E-state index in [2.05, 4.69) is 15.1 Å².